The van der Waals surface area contributed by atoms with Crippen molar-refractivity contribution in [3.8, 4) is 0 Å². The maximum atomic E-state index is 11.5. The number of amides is 1. The molecule has 0 unspecified atom stereocenters. The molecule has 0 bridgehead atoms. The van der Waals surface area contributed by atoms with Gasteiger partial charge in [0, 0.05) is 0 Å². The fraction of sp³-hybridized carbons (Fsp3) is 0.778. The molecule has 0 saturated carbocycles. The molecule has 14 heavy (non-hydrogen) atoms. The van der Waals surface area contributed by atoms with Gasteiger partial charge in [-0.3, -0.25) is 0 Å². The summed E-state index contributed by atoms with van der Waals surface area (Å²) in [7, 11) is 0. The molecule has 0 aromatic carbocycles. The predicted molar refractivity (Wildman–Crippen MR) is 51.1 cm³/mol. The Balaban J connectivity index is 4.44. The number of esters is 1. The van der Waals surface area contributed by atoms with E-state index in [2.05, 4.69) is 5.32 Å². The topological polar surface area (TPSA) is 75.6 Å². The average molecular weight is 203 g/mol. The molecule has 82 valence electrons. The first-order chi connectivity index (χ1) is 6.04. The van der Waals surface area contributed by atoms with Gasteiger partial charge in [-0.1, -0.05) is 0 Å². The van der Waals surface area contributed by atoms with Gasteiger partial charge in [-0.15, -0.1) is 0 Å². The lowest BCUT2D eigenvalue weighted by molar-refractivity contribution is -0.161. The van der Waals surface area contributed by atoms with Crippen LogP contribution in [0.3, 0.4) is 0 Å². The van der Waals surface area contributed by atoms with Crippen LogP contribution in [-0.2, 0) is 9.53 Å². The van der Waals surface area contributed by atoms with Crippen LogP contribution in [0.25, 0.3) is 0 Å². The molecule has 0 saturated heterocycles. The number of ether oxygens (including phenoxy) is 1. The number of carbonyl (C=O) groups is 2. The van der Waals surface area contributed by atoms with Gasteiger partial charge in [0.1, 0.15) is 11.1 Å². The van der Waals surface area contributed by atoms with Gasteiger partial charge in [0.25, 0.3) is 0 Å². The van der Waals surface area contributed by atoms with Crippen LogP contribution in [0.4, 0.5) is 4.79 Å². The van der Waals surface area contributed by atoms with Crippen molar-refractivity contribution in [2.75, 3.05) is 0 Å². The summed E-state index contributed by atoms with van der Waals surface area (Å²) in [4.78, 5) is 21.8. The molecule has 5 heteroatoms. The standard InChI is InChI=1S/C9H17NO4/c1-8(2,3)14-6(11)9(4,5)10-7(12)13/h10H,1-5H3,(H,12,13). The van der Waals surface area contributed by atoms with E-state index >= 15 is 0 Å². The van der Waals surface area contributed by atoms with Gasteiger partial charge in [-0.05, 0) is 34.6 Å². The van der Waals surface area contributed by atoms with E-state index in [1.807, 2.05) is 0 Å². The third-order valence-electron chi connectivity index (χ3n) is 1.33. The Labute approximate surface area is 83.4 Å². The van der Waals surface area contributed by atoms with E-state index in [1.54, 1.807) is 20.8 Å². The Kier molecular flexibility index (Phi) is 3.51. The molecule has 0 aromatic heterocycles. The highest BCUT2D eigenvalue weighted by Crippen LogP contribution is 2.13. The molecule has 0 aliphatic rings. The highest BCUT2D eigenvalue weighted by Gasteiger charge is 2.33. The molecule has 5 nitrogen and oxygen atoms in total. The zero-order valence-corrected chi connectivity index (χ0v) is 9.17. The van der Waals surface area contributed by atoms with E-state index in [9.17, 15) is 9.59 Å². The van der Waals surface area contributed by atoms with Gasteiger partial charge < -0.3 is 15.2 Å². The lowest BCUT2D eigenvalue weighted by Crippen LogP contribution is -2.51. The Hall–Kier alpha value is -1.26. The van der Waals surface area contributed by atoms with Crippen LogP contribution >= 0.6 is 0 Å². The van der Waals surface area contributed by atoms with Crippen molar-refractivity contribution in [1.82, 2.24) is 5.32 Å². The van der Waals surface area contributed by atoms with Crippen molar-refractivity contribution < 1.29 is 19.4 Å². The molecular weight excluding hydrogens is 186 g/mol. The van der Waals surface area contributed by atoms with E-state index in [-0.39, 0.29) is 0 Å². The Morgan fingerprint density at radius 2 is 1.57 bits per heavy atom. The van der Waals surface area contributed by atoms with Crippen LogP contribution in [-0.4, -0.2) is 28.3 Å². The summed E-state index contributed by atoms with van der Waals surface area (Å²) in [5.74, 6) is -0.590. The second-order valence-electron chi connectivity index (χ2n) is 4.56. The zero-order chi connectivity index (χ0) is 11.6. The van der Waals surface area contributed by atoms with Crippen LogP contribution in [0.5, 0.6) is 0 Å². The predicted octanol–water partition coefficient (Wildman–Crippen LogP) is 1.37. The van der Waals surface area contributed by atoms with E-state index in [0.717, 1.165) is 0 Å². The largest absolute Gasteiger partial charge is 0.465 e. The number of carboxylic acid groups (broad SMARTS) is 1. The smallest absolute Gasteiger partial charge is 0.405 e. The highest BCUT2D eigenvalue weighted by molar-refractivity contribution is 5.84. The maximum absolute atomic E-state index is 11.5. The first kappa shape index (κ1) is 12.7. The van der Waals surface area contributed by atoms with Crippen LogP contribution in [0.1, 0.15) is 34.6 Å². The number of rotatable bonds is 2. The molecule has 0 rings (SSSR count). The molecule has 0 spiro atoms. The molecule has 2 N–H and O–H groups in total. The van der Waals surface area contributed by atoms with E-state index < -0.39 is 23.2 Å². The van der Waals surface area contributed by atoms with E-state index in [4.69, 9.17) is 9.84 Å². The minimum Gasteiger partial charge on any atom is -0.465 e. The molecule has 0 radical (unpaired) electrons. The molecule has 0 atom stereocenters. The quantitative estimate of drug-likeness (QED) is 0.665. The summed E-state index contributed by atoms with van der Waals surface area (Å²) in [6.07, 6.45) is -1.25. The van der Waals surface area contributed by atoms with E-state index in [0.29, 0.717) is 0 Å². The second-order valence-corrected chi connectivity index (χ2v) is 4.56. The van der Waals surface area contributed by atoms with Gasteiger partial charge in [-0.2, -0.15) is 0 Å². The third kappa shape index (κ3) is 4.69. The summed E-state index contributed by atoms with van der Waals surface area (Å²) in [5, 5.41) is 10.6. The van der Waals surface area contributed by atoms with Crippen LogP contribution < -0.4 is 5.32 Å². The normalized spacial score (nSPS) is 12.1. The molecule has 1 amide bonds. The summed E-state index contributed by atoms with van der Waals surface area (Å²) < 4.78 is 5.04. The first-order valence-corrected chi connectivity index (χ1v) is 4.29. The van der Waals surface area contributed by atoms with Crippen LogP contribution in [0.2, 0.25) is 0 Å². The molecule has 0 aromatic rings. The van der Waals surface area contributed by atoms with Crippen LogP contribution in [0, 0.1) is 0 Å². The Morgan fingerprint density at radius 3 is 1.86 bits per heavy atom. The molecule has 0 heterocycles. The Morgan fingerprint density at radius 1 is 1.14 bits per heavy atom. The average Bonchev–Trinajstić information content (AvgIpc) is 1.79. The summed E-state index contributed by atoms with van der Waals surface area (Å²) in [6, 6.07) is 0. The van der Waals surface area contributed by atoms with E-state index in [1.165, 1.54) is 13.8 Å². The number of hydrogen-bond acceptors (Lipinski definition) is 3. The van der Waals surface area contributed by atoms with Crippen molar-refractivity contribution in [2.45, 2.75) is 45.8 Å². The monoisotopic (exact) mass is 203 g/mol. The fourth-order valence-electron chi connectivity index (χ4n) is 0.724. The summed E-state index contributed by atoms with van der Waals surface area (Å²) in [6.45, 7) is 8.08. The van der Waals surface area contributed by atoms with Crippen LogP contribution in [0.15, 0.2) is 0 Å². The SMILES string of the molecule is CC(C)(C)OC(=O)C(C)(C)NC(=O)O. The number of carbonyl (C=O) groups excluding carboxylic acids is 1. The first-order valence-electron chi connectivity index (χ1n) is 4.29. The van der Waals surface area contributed by atoms with Gasteiger partial charge in [0.05, 0.1) is 0 Å². The van der Waals surface area contributed by atoms with Crippen molar-refractivity contribution in [2.24, 2.45) is 0 Å². The Bertz CT molecular complexity index is 240. The minimum atomic E-state index is -1.25. The second kappa shape index (κ2) is 3.86. The highest BCUT2D eigenvalue weighted by atomic mass is 16.6. The van der Waals surface area contributed by atoms with Crippen molar-refractivity contribution >= 4 is 12.1 Å². The van der Waals surface area contributed by atoms with Crippen molar-refractivity contribution in [3.63, 3.8) is 0 Å². The fourth-order valence-corrected chi connectivity index (χ4v) is 0.724. The lowest BCUT2D eigenvalue weighted by atomic mass is 10.1. The van der Waals surface area contributed by atoms with Gasteiger partial charge in [-0.25, -0.2) is 9.59 Å². The molecule has 0 fully saturated rings. The third-order valence-corrected chi connectivity index (χ3v) is 1.33. The van der Waals surface area contributed by atoms with Gasteiger partial charge >= 0.3 is 12.1 Å². The van der Waals surface area contributed by atoms with Gasteiger partial charge in [0.2, 0.25) is 0 Å². The lowest BCUT2D eigenvalue weighted by Gasteiger charge is -2.28. The maximum Gasteiger partial charge on any atom is 0.405 e. The number of nitrogens with one attached hydrogen (secondary N) is 1. The van der Waals surface area contributed by atoms with Crippen molar-refractivity contribution in [3.05, 3.63) is 0 Å². The zero-order valence-electron chi connectivity index (χ0n) is 9.17. The van der Waals surface area contributed by atoms with Gasteiger partial charge in [0.15, 0.2) is 0 Å². The molecule has 0 aliphatic heterocycles. The molecular formula is C9H17NO4. The number of hydrogen-bond donors (Lipinski definition) is 2. The molecule has 0 aliphatic carbocycles. The van der Waals surface area contributed by atoms with Crippen molar-refractivity contribution in [1.29, 1.82) is 0 Å². The summed E-state index contributed by atoms with van der Waals surface area (Å²) >= 11 is 0. The summed E-state index contributed by atoms with van der Waals surface area (Å²) in [5.41, 5.74) is -1.84. The minimum absolute atomic E-state index is 0.590.